The van der Waals surface area contributed by atoms with Gasteiger partial charge < -0.3 is 5.21 Å². The zero-order valence-corrected chi connectivity index (χ0v) is 16.6. The van der Waals surface area contributed by atoms with Gasteiger partial charge in [0, 0.05) is 28.4 Å². The van der Waals surface area contributed by atoms with Crippen molar-refractivity contribution in [1.29, 1.82) is 0 Å². The van der Waals surface area contributed by atoms with Crippen LogP contribution in [0, 0.1) is 24.4 Å². The SMILES string of the molecule is Cc1ccccc1C(C/C(=N/O)c1cc(F)cc(F)c1F)c1ccc(Br)cc1. The molecule has 28 heavy (non-hydrogen) atoms. The second kappa shape index (κ2) is 8.61. The van der Waals surface area contributed by atoms with Crippen molar-refractivity contribution in [2.75, 3.05) is 0 Å². The van der Waals surface area contributed by atoms with Crippen molar-refractivity contribution < 1.29 is 18.4 Å². The van der Waals surface area contributed by atoms with Crippen LogP contribution < -0.4 is 0 Å². The fourth-order valence-corrected chi connectivity index (χ4v) is 3.51. The average Bonchev–Trinajstić information content (AvgIpc) is 2.68. The van der Waals surface area contributed by atoms with Crippen LogP contribution in [0.25, 0.3) is 0 Å². The molecule has 0 spiro atoms. The molecule has 0 saturated heterocycles. The van der Waals surface area contributed by atoms with Crippen molar-refractivity contribution in [3.05, 3.63) is 105 Å². The van der Waals surface area contributed by atoms with E-state index >= 15 is 0 Å². The van der Waals surface area contributed by atoms with Crippen LogP contribution in [0.2, 0.25) is 0 Å². The van der Waals surface area contributed by atoms with E-state index in [2.05, 4.69) is 21.1 Å². The summed E-state index contributed by atoms with van der Waals surface area (Å²) in [4.78, 5) is 0. The van der Waals surface area contributed by atoms with Gasteiger partial charge in [0.05, 0.1) is 5.71 Å². The number of oxime groups is 1. The lowest BCUT2D eigenvalue weighted by Gasteiger charge is -2.21. The summed E-state index contributed by atoms with van der Waals surface area (Å²) < 4.78 is 42.5. The maximum atomic E-state index is 14.3. The van der Waals surface area contributed by atoms with E-state index in [-0.39, 0.29) is 18.1 Å². The van der Waals surface area contributed by atoms with Crippen molar-refractivity contribution in [2.45, 2.75) is 19.3 Å². The molecule has 2 nitrogen and oxygen atoms in total. The van der Waals surface area contributed by atoms with E-state index in [0.29, 0.717) is 6.07 Å². The summed E-state index contributed by atoms with van der Waals surface area (Å²) in [7, 11) is 0. The van der Waals surface area contributed by atoms with Gasteiger partial charge in [0.2, 0.25) is 0 Å². The van der Waals surface area contributed by atoms with Crippen LogP contribution in [0.5, 0.6) is 0 Å². The zero-order chi connectivity index (χ0) is 20.3. The summed E-state index contributed by atoms with van der Waals surface area (Å²) >= 11 is 3.40. The summed E-state index contributed by atoms with van der Waals surface area (Å²) in [6, 6.07) is 16.5. The molecular formula is C22H17BrF3NO. The molecule has 1 N–H and O–H groups in total. The molecule has 0 bridgehead atoms. The summed E-state index contributed by atoms with van der Waals surface area (Å²) in [5.74, 6) is -3.81. The molecule has 3 rings (SSSR count). The van der Waals surface area contributed by atoms with E-state index in [4.69, 9.17) is 0 Å². The highest BCUT2D eigenvalue weighted by molar-refractivity contribution is 9.10. The van der Waals surface area contributed by atoms with E-state index in [0.717, 1.165) is 27.2 Å². The number of hydrogen-bond acceptors (Lipinski definition) is 2. The van der Waals surface area contributed by atoms with E-state index in [1.807, 2.05) is 55.5 Å². The summed E-state index contributed by atoms with van der Waals surface area (Å²) in [6.45, 7) is 1.94. The van der Waals surface area contributed by atoms with Crippen LogP contribution in [0.4, 0.5) is 13.2 Å². The van der Waals surface area contributed by atoms with Gasteiger partial charge in [0.25, 0.3) is 0 Å². The second-order valence-corrected chi connectivity index (χ2v) is 7.38. The molecule has 0 fully saturated rings. The molecule has 0 heterocycles. The molecular weight excluding hydrogens is 431 g/mol. The van der Waals surface area contributed by atoms with Gasteiger partial charge in [-0.15, -0.1) is 0 Å². The molecule has 3 aromatic rings. The van der Waals surface area contributed by atoms with E-state index in [9.17, 15) is 18.4 Å². The van der Waals surface area contributed by atoms with Crippen LogP contribution in [-0.2, 0) is 0 Å². The Morgan fingerprint density at radius 1 is 1.04 bits per heavy atom. The van der Waals surface area contributed by atoms with E-state index < -0.39 is 23.0 Å². The van der Waals surface area contributed by atoms with Gasteiger partial charge in [0.15, 0.2) is 11.6 Å². The Morgan fingerprint density at radius 2 is 1.71 bits per heavy atom. The third kappa shape index (κ3) is 4.28. The third-order valence-electron chi connectivity index (χ3n) is 4.66. The largest absolute Gasteiger partial charge is 0.411 e. The molecule has 0 aliphatic rings. The Morgan fingerprint density at radius 3 is 2.36 bits per heavy atom. The third-order valence-corrected chi connectivity index (χ3v) is 5.19. The fraction of sp³-hybridized carbons (Fsp3) is 0.136. The fourth-order valence-electron chi connectivity index (χ4n) is 3.24. The molecule has 1 unspecified atom stereocenters. The lowest BCUT2D eigenvalue weighted by Crippen LogP contribution is -2.14. The van der Waals surface area contributed by atoms with Crippen LogP contribution in [0.1, 0.15) is 34.6 Å². The van der Waals surface area contributed by atoms with E-state index in [1.165, 1.54) is 0 Å². The molecule has 0 saturated carbocycles. The maximum absolute atomic E-state index is 14.3. The van der Waals surface area contributed by atoms with Gasteiger partial charge in [-0.05, 0) is 41.8 Å². The molecule has 0 aliphatic heterocycles. The van der Waals surface area contributed by atoms with Crippen LogP contribution in [0.3, 0.4) is 0 Å². The quantitative estimate of drug-likeness (QED) is 0.204. The first-order valence-electron chi connectivity index (χ1n) is 8.57. The van der Waals surface area contributed by atoms with Crippen molar-refractivity contribution in [3.63, 3.8) is 0 Å². The van der Waals surface area contributed by atoms with Crippen LogP contribution in [0.15, 0.2) is 70.3 Å². The van der Waals surface area contributed by atoms with Crippen molar-refractivity contribution >= 4 is 21.6 Å². The predicted octanol–water partition coefficient (Wildman–Crippen LogP) is 6.58. The molecule has 0 aromatic heterocycles. The minimum absolute atomic E-state index is 0.0583. The van der Waals surface area contributed by atoms with Gasteiger partial charge >= 0.3 is 0 Å². The number of rotatable bonds is 5. The lowest BCUT2D eigenvalue weighted by atomic mass is 9.83. The smallest absolute Gasteiger partial charge is 0.168 e. The first-order valence-corrected chi connectivity index (χ1v) is 9.37. The first kappa shape index (κ1) is 20.1. The van der Waals surface area contributed by atoms with Gasteiger partial charge in [-0.1, -0.05) is 57.5 Å². The van der Waals surface area contributed by atoms with Gasteiger partial charge in [-0.3, -0.25) is 0 Å². The number of benzene rings is 3. The Labute approximate surface area is 169 Å². The minimum atomic E-state index is -1.33. The normalized spacial score (nSPS) is 12.8. The monoisotopic (exact) mass is 447 g/mol. The first-order chi connectivity index (χ1) is 13.4. The van der Waals surface area contributed by atoms with Crippen LogP contribution in [-0.4, -0.2) is 10.9 Å². The van der Waals surface area contributed by atoms with Gasteiger partial charge in [-0.2, -0.15) is 0 Å². The lowest BCUT2D eigenvalue weighted by molar-refractivity contribution is 0.317. The maximum Gasteiger partial charge on any atom is 0.168 e. The summed E-state index contributed by atoms with van der Waals surface area (Å²) in [6.07, 6.45) is 0.0583. The minimum Gasteiger partial charge on any atom is -0.411 e. The highest BCUT2D eigenvalue weighted by Gasteiger charge is 2.23. The number of nitrogens with zero attached hydrogens (tertiary/aromatic N) is 1. The van der Waals surface area contributed by atoms with Crippen molar-refractivity contribution in [1.82, 2.24) is 0 Å². The van der Waals surface area contributed by atoms with Crippen molar-refractivity contribution in [3.8, 4) is 0 Å². The molecule has 3 aromatic carbocycles. The van der Waals surface area contributed by atoms with E-state index in [1.54, 1.807) is 0 Å². The average molecular weight is 448 g/mol. The predicted molar refractivity (Wildman–Crippen MR) is 106 cm³/mol. The zero-order valence-electron chi connectivity index (χ0n) is 15.0. The Balaban J connectivity index is 2.09. The molecule has 1 atom stereocenters. The second-order valence-electron chi connectivity index (χ2n) is 6.46. The highest BCUT2D eigenvalue weighted by atomic mass is 79.9. The summed E-state index contributed by atoms with van der Waals surface area (Å²) in [5, 5.41) is 12.7. The molecule has 0 radical (unpaired) electrons. The number of halogens is 4. The number of aryl methyl sites for hydroxylation is 1. The Hall–Kier alpha value is -2.60. The topological polar surface area (TPSA) is 32.6 Å². The highest BCUT2D eigenvalue weighted by Crippen LogP contribution is 2.33. The molecule has 0 amide bonds. The molecule has 6 heteroatoms. The number of hydrogen-bond donors (Lipinski definition) is 1. The summed E-state index contributed by atoms with van der Waals surface area (Å²) in [5.41, 5.74) is 2.32. The molecule has 144 valence electrons. The van der Waals surface area contributed by atoms with Crippen LogP contribution >= 0.6 is 15.9 Å². The Bertz CT molecular complexity index is 1020. The van der Waals surface area contributed by atoms with Gasteiger partial charge in [0.1, 0.15) is 5.82 Å². The standard InChI is InChI=1S/C22H17BrF3NO/c1-13-4-2-3-5-17(13)18(14-6-8-15(23)9-7-14)12-21(27-28)19-10-16(24)11-20(25)22(19)26/h2-11,18,28H,12H2,1H3/b27-21-. The molecule has 0 aliphatic carbocycles. The van der Waals surface area contributed by atoms with Crippen molar-refractivity contribution in [2.24, 2.45) is 5.16 Å². The van der Waals surface area contributed by atoms with Gasteiger partial charge in [-0.25, -0.2) is 13.2 Å². The Kier molecular flexibility index (Phi) is 6.19.